The molecule has 0 radical (unpaired) electrons. The van der Waals surface area contributed by atoms with E-state index >= 15 is 0 Å². The van der Waals surface area contributed by atoms with E-state index in [1.165, 1.54) is 0 Å². The number of carbonyl (C=O) groups excluding carboxylic acids is 2. The lowest BCUT2D eigenvalue weighted by molar-refractivity contribution is -0.133. The van der Waals surface area contributed by atoms with Crippen LogP contribution >= 0.6 is 12.4 Å². The molecule has 5 nitrogen and oxygen atoms in total. The lowest BCUT2D eigenvalue weighted by atomic mass is 9.97. The zero-order valence-electron chi connectivity index (χ0n) is 13.8. The Kier molecular flexibility index (Phi) is 8.18. The fourth-order valence-electron chi connectivity index (χ4n) is 3.21. The van der Waals surface area contributed by atoms with Gasteiger partial charge in [-0.2, -0.15) is 0 Å². The number of nitrogens with one attached hydrogen (secondary N) is 2. The van der Waals surface area contributed by atoms with E-state index in [9.17, 15) is 9.59 Å². The summed E-state index contributed by atoms with van der Waals surface area (Å²) >= 11 is 0. The van der Waals surface area contributed by atoms with Crippen LogP contribution in [0.2, 0.25) is 0 Å². The Balaban J connectivity index is 0.00000242. The van der Waals surface area contributed by atoms with Crippen molar-refractivity contribution < 1.29 is 9.59 Å². The summed E-state index contributed by atoms with van der Waals surface area (Å²) in [6.07, 6.45) is 4.80. The number of nitrogens with zero attached hydrogens (tertiary/aromatic N) is 1. The molecule has 0 aromatic rings. The van der Waals surface area contributed by atoms with Crippen LogP contribution in [0.1, 0.15) is 46.0 Å². The number of piperidine rings is 1. The molecule has 2 aliphatic rings. The van der Waals surface area contributed by atoms with Crippen molar-refractivity contribution in [2.45, 2.75) is 52.0 Å². The van der Waals surface area contributed by atoms with Gasteiger partial charge in [0.05, 0.1) is 6.04 Å². The fraction of sp³-hybridized carbons (Fsp3) is 0.875. The molecule has 2 saturated heterocycles. The predicted octanol–water partition coefficient (Wildman–Crippen LogP) is 1.56. The second-order valence-corrected chi connectivity index (χ2v) is 6.84. The molecular formula is C16H30ClN3O2. The van der Waals surface area contributed by atoms with Crippen LogP contribution in [0.3, 0.4) is 0 Å². The molecule has 2 fully saturated rings. The lowest BCUT2D eigenvalue weighted by Gasteiger charge is -2.33. The summed E-state index contributed by atoms with van der Waals surface area (Å²) in [4.78, 5) is 26.1. The van der Waals surface area contributed by atoms with Crippen LogP contribution < -0.4 is 10.6 Å². The number of halogens is 1. The van der Waals surface area contributed by atoms with Crippen molar-refractivity contribution in [1.29, 1.82) is 0 Å². The summed E-state index contributed by atoms with van der Waals surface area (Å²) in [5.74, 6) is 1.20. The summed E-state index contributed by atoms with van der Waals surface area (Å²) in [5.41, 5.74) is 0. The number of amides is 2. The van der Waals surface area contributed by atoms with E-state index in [1.807, 2.05) is 4.90 Å². The van der Waals surface area contributed by atoms with Gasteiger partial charge in [0.2, 0.25) is 11.8 Å². The molecule has 128 valence electrons. The highest BCUT2D eigenvalue weighted by molar-refractivity contribution is 5.85. The molecule has 0 spiro atoms. The van der Waals surface area contributed by atoms with E-state index in [1.54, 1.807) is 0 Å². The van der Waals surface area contributed by atoms with E-state index in [2.05, 4.69) is 24.5 Å². The smallest absolute Gasteiger partial charge is 0.237 e. The minimum atomic E-state index is -0.00716. The summed E-state index contributed by atoms with van der Waals surface area (Å²) in [7, 11) is 0. The first-order valence-electron chi connectivity index (χ1n) is 8.35. The van der Waals surface area contributed by atoms with Gasteiger partial charge in [0.25, 0.3) is 0 Å². The van der Waals surface area contributed by atoms with Crippen LogP contribution in [0.15, 0.2) is 0 Å². The van der Waals surface area contributed by atoms with E-state index in [0.29, 0.717) is 24.8 Å². The van der Waals surface area contributed by atoms with Crippen LogP contribution in [-0.4, -0.2) is 48.9 Å². The first kappa shape index (κ1) is 19.2. The van der Waals surface area contributed by atoms with Gasteiger partial charge in [0.1, 0.15) is 0 Å². The Hall–Kier alpha value is -0.810. The maximum absolute atomic E-state index is 12.1. The third kappa shape index (κ3) is 5.76. The van der Waals surface area contributed by atoms with E-state index in [0.717, 1.165) is 45.3 Å². The number of carbonyl (C=O) groups is 2. The number of likely N-dealkylation sites (tertiary alicyclic amines) is 1. The molecule has 2 aliphatic heterocycles. The minimum absolute atomic E-state index is 0. The fourth-order valence-corrected chi connectivity index (χ4v) is 3.21. The Morgan fingerprint density at radius 1 is 1.27 bits per heavy atom. The molecule has 22 heavy (non-hydrogen) atoms. The average molecular weight is 332 g/mol. The SMILES string of the molecule is CC(C)CC(=O)N1CCCC(CNC(=O)C2CCCN2)C1.Cl. The molecule has 2 amide bonds. The number of hydrogen-bond acceptors (Lipinski definition) is 3. The maximum atomic E-state index is 12.1. The minimum Gasteiger partial charge on any atom is -0.354 e. The van der Waals surface area contributed by atoms with Crippen LogP contribution in [0.4, 0.5) is 0 Å². The second-order valence-electron chi connectivity index (χ2n) is 6.84. The Morgan fingerprint density at radius 2 is 2.05 bits per heavy atom. The zero-order valence-corrected chi connectivity index (χ0v) is 14.6. The first-order valence-corrected chi connectivity index (χ1v) is 8.35. The van der Waals surface area contributed by atoms with Gasteiger partial charge in [0, 0.05) is 26.1 Å². The molecule has 0 aromatic carbocycles. The van der Waals surface area contributed by atoms with Gasteiger partial charge in [-0.05, 0) is 44.1 Å². The highest BCUT2D eigenvalue weighted by Crippen LogP contribution is 2.18. The van der Waals surface area contributed by atoms with E-state index < -0.39 is 0 Å². The van der Waals surface area contributed by atoms with Gasteiger partial charge in [-0.25, -0.2) is 0 Å². The van der Waals surface area contributed by atoms with Crippen LogP contribution in [0.5, 0.6) is 0 Å². The average Bonchev–Trinajstić information content (AvgIpc) is 2.98. The van der Waals surface area contributed by atoms with Crippen LogP contribution in [-0.2, 0) is 9.59 Å². The van der Waals surface area contributed by atoms with Gasteiger partial charge in [-0.1, -0.05) is 13.8 Å². The normalized spacial score (nSPS) is 25.0. The van der Waals surface area contributed by atoms with Crippen LogP contribution in [0, 0.1) is 11.8 Å². The third-order valence-corrected chi connectivity index (χ3v) is 4.40. The molecule has 0 bridgehead atoms. The largest absolute Gasteiger partial charge is 0.354 e. The van der Waals surface area contributed by atoms with Crippen molar-refractivity contribution in [3.8, 4) is 0 Å². The third-order valence-electron chi connectivity index (χ3n) is 4.40. The topological polar surface area (TPSA) is 61.4 Å². The lowest BCUT2D eigenvalue weighted by Crippen LogP contribution is -2.46. The highest BCUT2D eigenvalue weighted by Gasteiger charge is 2.26. The van der Waals surface area contributed by atoms with Crippen molar-refractivity contribution in [3.63, 3.8) is 0 Å². The molecule has 2 heterocycles. The van der Waals surface area contributed by atoms with Crippen LogP contribution in [0.25, 0.3) is 0 Å². The summed E-state index contributed by atoms with van der Waals surface area (Å²) < 4.78 is 0. The van der Waals surface area contributed by atoms with Gasteiger partial charge in [-0.3, -0.25) is 9.59 Å². The first-order chi connectivity index (χ1) is 10.1. The second kappa shape index (κ2) is 9.36. The van der Waals surface area contributed by atoms with Crippen molar-refractivity contribution in [2.24, 2.45) is 11.8 Å². The molecule has 2 N–H and O–H groups in total. The van der Waals surface area contributed by atoms with Crippen molar-refractivity contribution in [2.75, 3.05) is 26.2 Å². The van der Waals surface area contributed by atoms with Gasteiger partial charge < -0.3 is 15.5 Å². The molecule has 6 heteroatoms. The molecule has 2 rings (SSSR count). The molecule has 0 aromatic heterocycles. The van der Waals surface area contributed by atoms with E-state index in [4.69, 9.17) is 0 Å². The molecule has 0 saturated carbocycles. The molecule has 2 unspecified atom stereocenters. The quantitative estimate of drug-likeness (QED) is 0.803. The predicted molar refractivity (Wildman–Crippen MR) is 90.0 cm³/mol. The Labute approximate surface area is 140 Å². The summed E-state index contributed by atoms with van der Waals surface area (Å²) in [6, 6.07) is -0.00716. The van der Waals surface area contributed by atoms with Crippen molar-refractivity contribution >= 4 is 24.2 Å². The maximum Gasteiger partial charge on any atom is 0.237 e. The van der Waals surface area contributed by atoms with Crippen molar-refractivity contribution in [1.82, 2.24) is 15.5 Å². The number of rotatable bonds is 5. The summed E-state index contributed by atoms with van der Waals surface area (Å²) in [6.45, 7) is 7.47. The Bertz CT molecular complexity index is 370. The zero-order chi connectivity index (χ0) is 15.2. The summed E-state index contributed by atoms with van der Waals surface area (Å²) in [5, 5.41) is 6.27. The van der Waals surface area contributed by atoms with Crippen molar-refractivity contribution in [3.05, 3.63) is 0 Å². The molecular weight excluding hydrogens is 302 g/mol. The number of hydrogen-bond donors (Lipinski definition) is 2. The molecule has 2 atom stereocenters. The van der Waals surface area contributed by atoms with Gasteiger partial charge >= 0.3 is 0 Å². The van der Waals surface area contributed by atoms with Gasteiger partial charge in [-0.15, -0.1) is 12.4 Å². The monoisotopic (exact) mass is 331 g/mol. The van der Waals surface area contributed by atoms with E-state index in [-0.39, 0.29) is 30.3 Å². The van der Waals surface area contributed by atoms with Gasteiger partial charge in [0.15, 0.2) is 0 Å². The highest BCUT2D eigenvalue weighted by atomic mass is 35.5. The molecule has 0 aliphatic carbocycles. The standard InChI is InChI=1S/C16H29N3O2.ClH/c1-12(2)9-15(20)19-8-4-5-13(11-19)10-18-16(21)14-6-3-7-17-14;/h12-14,17H,3-11H2,1-2H3,(H,18,21);1H. The Morgan fingerprint density at radius 3 is 2.68 bits per heavy atom.